The first-order valence-electron chi connectivity index (χ1n) is 3.58. The molecule has 0 amide bonds. The van der Waals surface area contributed by atoms with Crippen molar-refractivity contribution < 1.29 is 0 Å². The Morgan fingerprint density at radius 1 is 1.54 bits per heavy atom. The number of rotatable bonds is 2. The van der Waals surface area contributed by atoms with Crippen LogP contribution < -0.4 is 5.73 Å². The fourth-order valence-electron chi connectivity index (χ4n) is 0.662. The van der Waals surface area contributed by atoms with Crippen LogP contribution in [0, 0.1) is 0 Å². The number of aromatic nitrogens is 2. The van der Waals surface area contributed by atoms with Crippen LogP contribution in [0.1, 0.15) is 0 Å². The van der Waals surface area contributed by atoms with Crippen molar-refractivity contribution in [2.75, 3.05) is 19.8 Å². The van der Waals surface area contributed by atoms with E-state index in [2.05, 4.69) is 15.0 Å². The quantitative estimate of drug-likeness (QED) is 0.437. The number of aliphatic imine (C=N–C) groups is 1. The molecule has 0 saturated heterocycles. The van der Waals surface area contributed by atoms with E-state index in [0.717, 1.165) is 0 Å². The summed E-state index contributed by atoms with van der Waals surface area (Å²) in [6.45, 7) is 0. The van der Waals surface area contributed by atoms with Gasteiger partial charge in [0.15, 0.2) is 11.0 Å². The van der Waals surface area contributed by atoms with Crippen molar-refractivity contribution in [3.05, 3.63) is 11.5 Å². The third kappa shape index (κ3) is 2.55. The maximum Gasteiger partial charge on any atom is 0.160 e. The lowest BCUT2D eigenvalue weighted by molar-refractivity contribution is 0.643. The van der Waals surface area contributed by atoms with Gasteiger partial charge in [0.05, 0.1) is 6.34 Å². The first-order chi connectivity index (χ1) is 6.11. The van der Waals surface area contributed by atoms with E-state index in [1.165, 1.54) is 6.33 Å². The van der Waals surface area contributed by atoms with Gasteiger partial charge in [0, 0.05) is 14.1 Å². The minimum Gasteiger partial charge on any atom is -0.382 e. The number of halogens is 1. The summed E-state index contributed by atoms with van der Waals surface area (Å²) in [5.41, 5.74) is 5.94. The molecule has 0 radical (unpaired) electrons. The number of nitrogens with two attached hydrogens (primary N) is 1. The number of hydrogen-bond acceptors (Lipinski definition) is 4. The molecular weight excluding hydrogens is 190 g/mol. The Kier molecular flexibility index (Phi) is 3.02. The van der Waals surface area contributed by atoms with E-state index >= 15 is 0 Å². The van der Waals surface area contributed by atoms with Crippen molar-refractivity contribution in [3.63, 3.8) is 0 Å². The second-order valence-electron chi connectivity index (χ2n) is 2.61. The number of nitrogen functional groups attached to an aromatic ring is 1. The third-order valence-corrected chi connectivity index (χ3v) is 1.50. The standard InChI is InChI=1S/C7H10ClN5/c1-13(2)4-12-5-6(8)10-3-11-7(5)9/h3-4H,1-2H3,(H2,9,10,11)/b12-4+. The molecule has 0 aromatic carbocycles. The molecule has 1 aromatic rings. The summed E-state index contributed by atoms with van der Waals surface area (Å²) in [5, 5.41) is 0.255. The molecule has 13 heavy (non-hydrogen) atoms. The second-order valence-corrected chi connectivity index (χ2v) is 2.96. The second kappa shape index (κ2) is 4.04. The molecule has 1 rings (SSSR count). The first-order valence-corrected chi connectivity index (χ1v) is 3.95. The molecule has 70 valence electrons. The van der Waals surface area contributed by atoms with Gasteiger partial charge in [0.2, 0.25) is 0 Å². The molecule has 6 heteroatoms. The molecular formula is C7H10ClN5. The lowest BCUT2D eigenvalue weighted by Gasteiger charge is -2.03. The van der Waals surface area contributed by atoms with Crippen molar-refractivity contribution in [3.8, 4) is 0 Å². The van der Waals surface area contributed by atoms with E-state index in [-0.39, 0.29) is 11.0 Å². The molecule has 0 fully saturated rings. The van der Waals surface area contributed by atoms with Gasteiger partial charge in [-0.15, -0.1) is 0 Å². The topological polar surface area (TPSA) is 67.4 Å². The van der Waals surface area contributed by atoms with Gasteiger partial charge >= 0.3 is 0 Å². The summed E-state index contributed by atoms with van der Waals surface area (Å²) in [6, 6.07) is 0. The Hall–Kier alpha value is -1.36. The van der Waals surface area contributed by atoms with Gasteiger partial charge in [-0.3, -0.25) is 0 Å². The zero-order valence-electron chi connectivity index (χ0n) is 7.40. The third-order valence-electron chi connectivity index (χ3n) is 1.22. The molecule has 0 aliphatic carbocycles. The van der Waals surface area contributed by atoms with Crippen LogP contribution in [-0.4, -0.2) is 35.3 Å². The van der Waals surface area contributed by atoms with E-state index in [9.17, 15) is 0 Å². The van der Waals surface area contributed by atoms with Crippen LogP contribution >= 0.6 is 11.6 Å². The highest BCUT2D eigenvalue weighted by atomic mass is 35.5. The Balaban J connectivity index is 3.00. The average molecular weight is 200 g/mol. The largest absolute Gasteiger partial charge is 0.382 e. The van der Waals surface area contributed by atoms with Crippen LogP contribution in [0.5, 0.6) is 0 Å². The van der Waals surface area contributed by atoms with Gasteiger partial charge in [0.1, 0.15) is 12.0 Å². The molecule has 0 atom stereocenters. The van der Waals surface area contributed by atoms with Crippen LogP contribution in [0.3, 0.4) is 0 Å². The molecule has 1 aromatic heterocycles. The highest BCUT2D eigenvalue weighted by molar-refractivity contribution is 6.32. The van der Waals surface area contributed by atoms with Gasteiger partial charge in [-0.05, 0) is 0 Å². The fraction of sp³-hybridized carbons (Fsp3) is 0.286. The minimum absolute atomic E-state index is 0.255. The highest BCUT2D eigenvalue weighted by Crippen LogP contribution is 2.26. The SMILES string of the molecule is CN(C)/C=N/c1c(N)ncnc1Cl. The summed E-state index contributed by atoms with van der Waals surface area (Å²) in [4.78, 5) is 13.3. The maximum atomic E-state index is 5.75. The van der Waals surface area contributed by atoms with Crippen LogP contribution in [0.25, 0.3) is 0 Å². The van der Waals surface area contributed by atoms with Gasteiger partial charge in [-0.25, -0.2) is 15.0 Å². The summed E-state index contributed by atoms with van der Waals surface area (Å²) in [6.07, 6.45) is 2.88. The lowest BCUT2D eigenvalue weighted by atomic mass is 10.5. The van der Waals surface area contributed by atoms with Gasteiger partial charge < -0.3 is 10.6 Å². The summed E-state index contributed by atoms with van der Waals surface area (Å²) < 4.78 is 0. The van der Waals surface area contributed by atoms with Gasteiger partial charge in [-0.1, -0.05) is 11.6 Å². The fourth-order valence-corrected chi connectivity index (χ4v) is 0.852. The number of nitrogens with zero attached hydrogens (tertiary/aromatic N) is 4. The summed E-state index contributed by atoms with van der Waals surface area (Å²) in [7, 11) is 3.69. The van der Waals surface area contributed by atoms with Crippen molar-refractivity contribution in [2.24, 2.45) is 4.99 Å². The predicted octanol–water partition coefficient (Wildman–Crippen LogP) is 0.934. The van der Waals surface area contributed by atoms with Gasteiger partial charge in [-0.2, -0.15) is 0 Å². The zero-order chi connectivity index (χ0) is 9.84. The van der Waals surface area contributed by atoms with Crippen LogP contribution in [0.15, 0.2) is 11.3 Å². The summed E-state index contributed by atoms with van der Waals surface area (Å²) in [5.74, 6) is 0.276. The van der Waals surface area contributed by atoms with Gasteiger partial charge in [0.25, 0.3) is 0 Å². The molecule has 0 spiro atoms. The zero-order valence-corrected chi connectivity index (χ0v) is 8.15. The molecule has 0 aliphatic rings. The molecule has 0 bridgehead atoms. The van der Waals surface area contributed by atoms with E-state index in [0.29, 0.717) is 5.69 Å². The average Bonchev–Trinajstić information content (AvgIpc) is 2.03. The number of hydrogen-bond donors (Lipinski definition) is 1. The van der Waals surface area contributed by atoms with E-state index < -0.39 is 0 Å². The van der Waals surface area contributed by atoms with Crippen molar-refractivity contribution in [2.45, 2.75) is 0 Å². The monoisotopic (exact) mass is 199 g/mol. The van der Waals surface area contributed by atoms with E-state index in [1.54, 1.807) is 11.2 Å². The lowest BCUT2D eigenvalue weighted by Crippen LogP contribution is -2.07. The normalized spacial score (nSPS) is 10.7. The smallest absolute Gasteiger partial charge is 0.160 e. The predicted molar refractivity (Wildman–Crippen MR) is 53.3 cm³/mol. The van der Waals surface area contributed by atoms with E-state index in [4.69, 9.17) is 17.3 Å². The van der Waals surface area contributed by atoms with Crippen LogP contribution in [0.2, 0.25) is 5.15 Å². The van der Waals surface area contributed by atoms with Crippen molar-refractivity contribution >= 4 is 29.4 Å². The molecule has 0 saturated carbocycles. The number of anilines is 1. The van der Waals surface area contributed by atoms with Crippen molar-refractivity contribution in [1.29, 1.82) is 0 Å². The first kappa shape index (κ1) is 9.73. The maximum absolute atomic E-state index is 5.75. The van der Waals surface area contributed by atoms with Crippen LogP contribution in [-0.2, 0) is 0 Å². The molecule has 1 heterocycles. The Morgan fingerprint density at radius 3 is 2.77 bits per heavy atom. The Morgan fingerprint density at radius 2 is 2.23 bits per heavy atom. The van der Waals surface area contributed by atoms with Crippen LogP contribution in [0.4, 0.5) is 11.5 Å². The molecule has 5 nitrogen and oxygen atoms in total. The van der Waals surface area contributed by atoms with Crippen molar-refractivity contribution in [1.82, 2.24) is 14.9 Å². The molecule has 0 aliphatic heterocycles. The Bertz CT molecular complexity index is 302. The summed E-state index contributed by atoms with van der Waals surface area (Å²) >= 11 is 5.75. The van der Waals surface area contributed by atoms with E-state index in [1.807, 2.05) is 14.1 Å². The Labute approximate surface area is 81.3 Å². The highest BCUT2D eigenvalue weighted by Gasteiger charge is 2.03. The minimum atomic E-state index is 0.255. The molecule has 2 N–H and O–H groups in total. The molecule has 0 unspecified atom stereocenters.